The maximum absolute atomic E-state index is 3.96. The van der Waals surface area contributed by atoms with Crippen LogP contribution in [0.3, 0.4) is 0 Å². The van der Waals surface area contributed by atoms with E-state index in [1.165, 1.54) is 33.7 Å². The van der Waals surface area contributed by atoms with Crippen molar-refractivity contribution < 1.29 is 0 Å². The number of thiophene rings is 1. The van der Waals surface area contributed by atoms with Crippen molar-refractivity contribution in [2.45, 2.75) is 43.9 Å². The first-order valence-corrected chi connectivity index (χ1v) is 8.99. The van der Waals surface area contributed by atoms with Gasteiger partial charge in [0, 0.05) is 9.75 Å². The van der Waals surface area contributed by atoms with Gasteiger partial charge in [0.25, 0.3) is 0 Å². The van der Waals surface area contributed by atoms with Gasteiger partial charge in [-0.3, -0.25) is 0 Å². The van der Waals surface area contributed by atoms with Crippen molar-refractivity contribution in [3.63, 3.8) is 0 Å². The van der Waals surface area contributed by atoms with Crippen LogP contribution < -0.4 is 0 Å². The van der Waals surface area contributed by atoms with E-state index in [1.54, 1.807) is 0 Å². The third-order valence-corrected chi connectivity index (χ3v) is 7.27. The third kappa shape index (κ3) is 2.73. The number of hydrogen-bond acceptors (Lipinski definition) is 1. The van der Waals surface area contributed by atoms with Crippen LogP contribution in [0.1, 0.15) is 46.5 Å². The van der Waals surface area contributed by atoms with Gasteiger partial charge in [0.05, 0.1) is 4.83 Å². The molecule has 1 unspecified atom stereocenters. The van der Waals surface area contributed by atoms with Gasteiger partial charge in [-0.15, -0.1) is 11.3 Å². The normalized spacial score (nSPS) is 17.2. The first-order chi connectivity index (χ1) is 9.45. The van der Waals surface area contributed by atoms with Crippen LogP contribution in [0.4, 0.5) is 0 Å². The number of halogens is 1. The molecule has 0 amide bonds. The molecule has 2 heteroatoms. The lowest BCUT2D eigenvalue weighted by Gasteiger charge is -2.17. The summed E-state index contributed by atoms with van der Waals surface area (Å²) in [5.41, 5.74) is 3.33. The fourth-order valence-electron chi connectivity index (χ4n) is 2.94. The van der Waals surface area contributed by atoms with E-state index in [0.717, 1.165) is 0 Å². The van der Waals surface area contributed by atoms with Crippen LogP contribution >= 0.6 is 27.3 Å². The number of hydrogen-bond donors (Lipinski definition) is 0. The lowest BCUT2D eigenvalue weighted by atomic mass is 9.95. The Morgan fingerprint density at radius 3 is 2.15 bits per heavy atom. The Hall–Kier alpha value is -0.600. The van der Waals surface area contributed by atoms with Crippen LogP contribution in [0.2, 0.25) is 0 Å². The average molecular weight is 349 g/mol. The molecule has 1 aliphatic carbocycles. The summed E-state index contributed by atoms with van der Waals surface area (Å²) >= 11 is 5.93. The second kappa shape index (κ2) is 5.31. The van der Waals surface area contributed by atoms with Gasteiger partial charge in [-0.05, 0) is 47.4 Å². The second-order valence-corrected chi connectivity index (χ2v) is 8.89. The van der Waals surface area contributed by atoms with E-state index in [-0.39, 0.29) is 5.41 Å². The SMILES string of the molecule is CC(C)(C)c1ccc(C(Br)C2Cc3ccccc3C2)s1. The molecular weight excluding hydrogens is 328 g/mol. The summed E-state index contributed by atoms with van der Waals surface area (Å²) in [7, 11) is 0. The molecule has 0 nitrogen and oxygen atoms in total. The second-order valence-electron chi connectivity index (χ2n) is 6.79. The summed E-state index contributed by atoms with van der Waals surface area (Å²) in [6.45, 7) is 6.87. The summed E-state index contributed by atoms with van der Waals surface area (Å²) < 4.78 is 0. The molecule has 0 aliphatic heterocycles. The van der Waals surface area contributed by atoms with Crippen LogP contribution in [-0.4, -0.2) is 0 Å². The number of benzene rings is 1. The molecule has 0 bridgehead atoms. The highest BCUT2D eigenvalue weighted by Gasteiger charge is 2.29. The zero-order valence-electron chi connectivity index (χ0n) is 12.3. The highest BCUT2D eigenvalue weighted by Crippen LogP contribution is 2.44. The molecule has 0 saturated carbocycles. The zero-order chi connectivity index (χ0) is 14.3. The molecule has 106 valence electrons. The Kier molecular flexibility index (Phi) is 3.81. The Labute approximate surface area is 134 Å². The molecule has 1 aliphatic rings. The third-order valence-electron chi connectivity index (χ3n) is 4.13. The molecule has 0 N–H and O–H groups in total. The Morgan fingerprint density at radius 1 is 1.05 bits per heavy atom. The van der Waals surface area contributed by atoms with E-state index >= 15 is 0 Å². The van der Waals surface area contributed by atoms with E-state index in [4.69, 9.17) is 0 Å². The van der Waals surface area contributed by atoms with Crippen LogP contribution in [0, 0.1) is 5.92 Å². The average Bonchev–Trinajstić information content (AvgIpc) is 3.04. The Bertz CT molecular complexity index is 581. The molecule has 3 rings (SSSR count). The van der Waals surface area contributed by atoms with Crippen molar-refractivity contribution in [3.05, 3.63) is 57.3 Å². The molecule has 1 aromatic carbocycles. The summed E-state index contributed by atoms with van der Waals surface area (Å²) in [6.07, 6.45) is 2.41. The highest BCUT2D eigenvalue weighted by molar-refractivity contribution is 9.09. The van der Waals surface area contributed by atoms with Gasteiger partial charge in [0.15, 0.2) is 0 Å². The van der Waals surface area contributed by atoms with Gasteiger partial charge in [-0.1, -0.05) is 61.0 Å². The van der Waals surface area contributed by atoms with Crippen molar-refractivity contribution in [1.82, 2.24) is 0 Å². The van der Waals surface area contributed by atoms with Gasteiger partial charge in [-0.2, -0.15) is 0 Å². The quantitative estimate of drug-likeness (QED) is 0.593. The van der Waals surface area contributed by atoms with E-state index in [9.17, 15) is 0 Å². The van der Waals surface area contributed by atoms with Gasteiger partial charge in [-0.25, -0.2) is 0 Å². The monoisotopic (exact) mass is 348 g/mol. The van der Waals surface area contributed by atoms with Crippen molar-refractivity contribution >= 4 is 27.3 Å². The number of fused-ring (bicyclic) bond motifs is 1. The smallest absolute Gasteiger partial charge is 0.0523 e. The van der Waals surface area contributed by atoms with Crippen molar-refractivity contribution in [2.24, 2.45) is 5.92 Å². The summed E-state index contributed by atoms with van der Waals surface area (Å²) in [5, 5.41) is 0. The molecule has 20 heavy (non-hydrogen) atoms. The van der Waals surface area contributed by atoms with E-state index in [2.05, 4.69) is 73.1 Å². The predicted molar refractivity (Wildman–Crippen MR) is 92.0 cm³/mol. The zero-order valence-corrected chi connectivity index (χ0v) is 14.7. The summed E-state index contributed by atoms with van der Waals surface area (Å²) in [5.74, 6) is 0.693. The minimum absolute atomic E-state index is 0.258. The molecule has 1 atom stereocenters. The Morgan fingerprint density at radius 2 is 1.65 bits per heavy atom. The molecule has 0 saturated heterocycles. The first kappa shape index (κ1) is 14.3. The minimum atomic E-state index is 0.258. The fraction of sp³-hybridized carbons (Fsp3) is 0.444. The van der Waals surface area contributed by atoms with Crippen molar-refractivity contribution in [2.75, 3.05) is 0 Å². The van der Waals surface area contributed by atoms with Gasteiger partial charge in [0.2, 0.25) is 0 Å². The lowest BCUT2D eigenvalue weighted by molar-refractivity contribution is 0.559. The van der Waals surface area contributed by atoms with Crippen LogP contribution in [0.25, 0.3) is 0 Å². The molecule has 0 fully saturated rings. The van der Waals surface area contributed by atoms with Crippen LogP contribution in [0.15, 0.2) is 36.4 Å². The molecule has 1 heterocycles. The number of rotatable bonds is 2. The lowest BCUT2D eigenvalue weighted by Crippen LogP contribution is -2.08. The summed E-state index contributed by atoms with van der Waals surface area (Å²) in [4.78, 5) is 3.44. The van der Waals surface area contributed by atoms with E-state index in [0.29, 0.717) is 10.7 Å². The predicted octanol–water partition coefficient (Wildman–Crippen LogP) is 5.90. The Balaban J connectivity index is 1.78. The standard InChI is InChI=1S/C18H21BrS/c1-18(2,3)16-9-8-15(20-16)17(19)14-10-12-6-4-5-7-13(12)11-14/h4-9,14,17H,10-11H2,1-3H3. The minimum Gasteiger partial charge on any atom is -0.144 e. The molecule has 0 spiro atoms. The highest BCUT2D eigenvalue weighted by atomic mass is 79.9. The van der Waals surface area contributed by atoms with Gasteiger partial charge in [0.1, 0.15) is 0 Å². The maximum atomic E-state index is 3.96. The van der Waals surface area contributed by atoms with Crippen molar-refractivity contribution in [3.8, 4) is 0 Å². The molecular formula is C18H21BrS. The number of alkyl halides is 1. The molecule has 2 aromatic rings. The van der Waals surface area contributed by atoms with E-state index in [1.807, 2.05) is 11.3 Å². The molecule has 1 aromatic heterocycles. The maximum Gasteiger partial charge on any atom is 0.0523 e. The topological polar surface area (TPSA) is 0 Å². The van der Waals surface area contributed by atoms with E-state index < -0.39 is 0 Å². The van der Waals surface area contributed by atoms with Crippen LogP contribution in [-0.2, 0) is 18.3 Å². The van der Waals surface area contributed by atoms with Crippen molar-refractivity contribution in [1.29, 1.82) is 0 Å². The van der Waals surface area contributed by atoms with Crippen LogP contribution in [0.5, 0.6) is 0 Å². The largest absolute Gasteiger partial charge is 0.144 e. The molecule has 0 radical (unpaired) electrons. The summed E-state index contributed by atoms with van der Waals surface area (Å²) in [6, 6.07) is 13.5. The van der Waals surface area contributed by atoms with Gasteiger partial charge >= 0.3 is 0 Å². The first-order valence-electron chi connectivity index (χ1n) is 7.26. The van der Waals surface area contributed by atoms with Gasteiger partial charge < -0.3 is 0 Å². The fourth-order valence-corrected chi connectivity index (χ4v) is 4.88.